The third kappa shape index (κ3) is 4.98. The number of piperazine rings is 1. The Morgan fingerprint density at radius 3 is 2.68 bits per heavy atom. The first-order valence-corrected chi connectivity index (χ1v) is 13.5. The van der Waals surface area contributed by atoms with E-state index in [9.17, 15) is 4.79 Å². The first-order valence-electron chi connectivity index (χ1n) is 13.5. The van der Waals surface area contributed by atoms with Gasteiger partial charge in [-0.15, -0.1) is 0 Å². The fourth-order valence-corrected chi connectivity index (χ4v) is 5.17. The lowest BCUT2D eigenvalue weighted by Crippen LogP contribution is -2.44. The van der Waals surface area contributed by atoms with Crippen LogP contribution in [0.1, 0.15) is 5.56 Å². The van der Waals surface area contributed by atoms with Crippen molar-refractivity contribution < 1.29 is 4.79 Å². The van der Waals surface area contributed by atoms with Crippen molar-refractivity contribution in [1.29, 1.82) is 0 Å². The molecule has 1 aliphatic rings. The van der Waals surface area contributed by atoms with E-state index in [0.29, 0.717) is 34.1 Å². The van der Waals surface area contributed by atoms with Crippen LogP contribution in [0.4, 0.5) is 11.4 Å². The van der Waals surface area contributed by atoms with Crippen molar-refractivity contribution in [2.75, 3.05) is 43.4 Å². The van der Waals surface area contributed by atoms with Gasteiger partial charge in [0.2, 0.25) is 5.91 Å². The zero-order valence-corrected chi connectivity index (χ0v) is 22.5. The average molecular weight is 545 g/mol. The number of pyridine rings is 3. The van der Waals surface area contributed by atoms with Gasteiger partial charge in [0, 0.05) is 44.1 Å². The molecule has 0 bridgehead atoms. The molecule has 6 aromatic rings. The van der Waals surface area contributed by atoms with E-state index in [4.69, 9.17) is 9.97 Å². The van der Waals surface area contributed by atoms with Crippen molar-refractivity contribution in [3.05, 3.63) is 78.8 Å². The van der Waals surface area contributed by atoms with Gasteiger partial charge in [0.1, 0.15) is 11.0 Å². The van der Waals surface area contributed by atoms with Gasteiger partial charge in [-0.05, 0) is 36.9 Å². The van der Waals surface area contributed by atoms with Gasteiger partial charge in [0.15, 0.2) is 17.2 Å². The summed E-state index contributed by atoms with van der Waals surface area (Å²) < 4.78 is 0. The molecule has 1 saturated heterocycles. The molecule has 0 saturated carbocycles. The van der Waals surface area contributed by atoms with Crippen LogP contribution in [0.2, 0.25) is 0 Å². The number of anilines is 2. The normalized spacial score (nSPS) is 14.1. The smallest absolute Gasteiger partial charge is 0.228 e. The number of nitrogens with one attached hydrogen (secondary N) is 3. The fourth-order valence-electron chi connectivity index (χ4n) is 5.17. The largest absolute Gasteiger partial charge is 0.367 e. The standard InChI is InChI=1S/C30H28N10O/c1-39-11-13-40(14-12-39)24-9-10-32-29-27(24)35-30(36-29)28-26-23(37-38-28)8-7-22(34-26)20-16-21(18-31-17-20)33-25(41)15-19-5-3-2-4-6-19/h2-10,16-18H,11-15H2,1H3,(H,33,41)(H,37,38)(H,32,35,36). The molecular formula is C30H28N10O. The Labute approximate surface area is 235 Å². The highest BCUT2D eigenvalue weighted by molar-refractivity contribution is 5.94. The molecule has 0 aliphatic carbocycles. The van der Waals surface area contributed by atoms with Gasteiger partial charge in [-0.1, -0.05) is 30.3 Å². The fraction of sp³-hybridized carbons (Fsp3) is 0.200. The first-order chi connectivity index (χ1) is 20.1. The number of benzene rings is 1. The van der Waals surface area contributed by atoms with Crippen LogP contribution in [0.3, 0.4) is 0 Å². The lowest BCUT2D eigenvalue weighted by atomic mass is 10.1. The Kier molecular flexibility index (Phi) is 6.32. The van der Waals surface area contributed by atoms with E-state index in [2.05, 4.69) is 47.3 Å². The molecule has 0 radical (unpaired) electrons. The molecule has 11 nitrogen and oxygen atoms in total. The number of nitrogens with zero attached hydrogens (tertiary/aromatic N) is 7. The average Bonchev–Trinajstić information content (AvgIpc) is 3.62. The highest BCUT2D eigenvalue weighted by Crippen LogP contribution is 2.31. The summed E-state index contributed by atoms with van der Waals surface area (Å²) in [6.45, 7) is 3.89. The van der Waals surface area contributed by atoms with Crippen LogP contribution in [0.25, 0.3) is 45.0 Å². The Bertz CT molecular complexity index is 1850. The second-order valence-electron chi connectivity index (χ2n) is 10.2. The summed E-state index contributed by atoms with van der Waals surface area (Å²) in [7, 11) is 2.14. The van der Waals surface area contributed by atoms with Crippen LogP contribution >= 0.6 is 0 Å². The molecule has 11 heteroatoms. The Hall–Kier alpha value is -5.16. The third-order valence-electron chi connectivity index (χ3n) is 7.36. The molecule has 3 N–H and O–H groups in total. The van der Waals surface area contributed by atoms with Crippen LogP contribution in [0.5, 0.6) is 0 Å². The van der Waals surface area contributed by atoms with Crippen LogP contribution in [-0.4, -0.2) is 79.2 Å². The van der Waals surface area contributed by atoms with E-state index in [1.165, 1.54) is 0 Å². The summed E-state index contributed by atoms with van der Waals surface area (Å²) >= 11 is 0. The SMILES string of the molecule is CN1CCN(c2ccnc3[nH]c(-c4n[nH]c5ccc(-c6cncc(NC(=O)Cc7ccccc7)c6)nc45)nc23)CC1. The van der Waals surface area contributed by atoms with Gasteiger partial charge in [0.25, 0.3) is 0 Å². The van der Waals surface area contributed by atoms with Crippen LogP contribution in [0, 0.1) is 0 Å². The number of likely N-dealkylation sites (N-methyl/N-ethyl adjacent to an activating group) is 1. The Morgan fingerprint density at radius 2 is 1.83 bits per heavy atom. The van der Waals surface area contributed by atoms with Crippen molar-refractivity contribution in [3.8, 4) is 22.8 Å². The van der Waals surface area contributed by atoms with E-state index in [0.717, 1.165) is 54.0 Å². The molecule has 0 unspecified atom stereocenters. The zero-order valence-electron chi connectivity index (χ0n) is 22.5. The summed E-state index contributed by atoms with van der Waals surface area (Å²) in [4.78, 5) is 39.3. The Morgan fingerprint density at radius 1 is 0.976 bits per heavy atom. The van der Waals surface area contributed by atoms with Gasteiger partial charge in [-0.3, -0.25) is 14.9 Å². The van der Waals surface area contributed by atoms with Crippen molar-refractivity contribution in [1.82, 2.24) is 40.0 Å². The second kappa shape index (κ2) is 10.4. The molecule has 1 aliphatic heterocycles. The van der Waals surface area contributed by atoms with Gasteiger partial charge in [-0.25, -0.2) is 15.0 Å². The molecule has 0 atom stereocenters. The first kappa shape index (κ1) is 24.9. The van der Waals surface area contributed by atoms with Crippen LogP contribution < -0.4 is 10.2 Å². The molecule has 1 fully saturated rings. The maximum Gasteiger partial charge on any atom is 0.228 e. The maximum atomic E-state index is 12.6. The predicted octanol–water partition coefficient (Wildman–Crippen LogP) is 3.89. The second-order valence-corrected chi connectivity index (χ2v) is 10.2. The number of hydrogen-bond donors (Lipinski definition) is 3. The number of amides is 1. The maximum absolute atomic E-state index is 12.6. The van der Waals surface area contributed by atoms with Gasteiger partial charge >= 0.3 is 0 Å². The number of aromatic amines is 2. The lowest BCUT2D eigenvalue weighted by Gasteiger charge is -2.33. The molecule has 204 valence electrons. The minimum Gasteiger partial charge on any atom is -0.367 e. The van der Waals surface area contributed by atoms with Crippen LogP contribution in [-0.2, 0) is 11.2 Å². The highest BCUT2D eigenvalue weighted by Gasteiger charge is 2.21. The summed E-state index contributed by atoms with van der Waals surface area (Å²) in [5.41, 5.74) is 7.73. The number of carbonyl (C=O) groups is 1. The lowest BCUT2D eigenvalue weighted by molar-refractivity contribution is -0.115. The summed E-state index contributed by atoms with van der Waals surface area (Å²) in [6.07, 6.45) is 5.47. The van der Waals surface area contributed by atoms with E-state index < -0.39 is 0 Å². The molecule has 6 heterocycles. The number of hydrogen-bond acceptors (Lipinski definition) is 8. The third-order valence-corrected chi connectivity index (χ3v) is 7.36. The van der Waals surface area contributed by atoms with E-state index in [-0.39, 0.29) is 12.3 Å². The highest BCUT2D eigenvalue weighted by atomic mass is 16.1. The summed E-state index contributed by atoms with van der Waals surface area (Å²) in [5.74, 6) is 0.496. The monoisotopic (exact) mass is 544 g/mol. The molecule has 5 aromatic heterocycles. The molecule has 7 rings (SSSR count). The number of fused-ring (bicyclic) bond motifs is 2. The van der Waals surface area contributed by atoms with Gasteiger partial charge < -0.3 is 20.1 Å². The van der Waals surface area contributed by atoms with Crippen molar-refractivity contribution in [3.63, 3.8) is 0 Å². The van der Waals surface area contributed by atoms with Crippen LogP contribution in [0.15, 0.2) is 73.2 Å². The predicted molar refractivity (Wildman–Crippen MR) is 158 cm³/mol. The molecule has 1 amide bonds. The minimum absolute atomic E-state index is 0.106. The summed E-state index contributed by atoms with van der Waals surface area (Å²) in [5, 5.41) is 10.6. The quantitative estimate of drug-likeness (QED) is 0.288. The minimum atomic E-state index is -0.106. The summed E-state index contributed by atoms with van der Waals surface area (Å²) in [6, 6.07) is 17.4. The Balaban J connectivity index is 1.18. The molecular weight excluding hydrogens is 516 g/mol. The molecule has 1 aromatic carbocycles. The zero-order chi connectivity index (χ0) is 27.8. The topological polar surface area (TPSA) is 132 Å². The number of imidazole rings is 1. The molecule has 41 heavy (non-hydrogen) atoms. The van der Waals surface area contributed by atoms with E-state index in [1.54, 1.807) is 12.4 Å². The number of H-pyrrole nitrogens is 2. The van der Waals surface area contributed by atoms with Gasteiger partial charge in [0.05, 0.1) is 35.2 Å². The van der Waals surface area contributed by atoms with Crippen molar-refractivity contribution in [2.24, 2.45) is 0 Å². The number of rotatable bonds is 6. The van der Waals surface area contributed by atoms with Gasteiger partial charge in [-0.2, -0.15) is 5.10 Å². The van der Waals surface area contributed by atoms with E-state index >= 15 is 0 Å². The number of aromatic nitrogens is 7. The van der Waals surface area contributed by atoms with E-state index in [1.807, 2.05) is 60.8 Å². The van der Waals surface area contributed by atoms with Crippen molar-refractivity contribution >= 4 is 39.5 Å². The molecule has 0 spiro atoms. The van der Waals surface area contributed by atoms with Crippen molar-refractivity contribution in [2.45, 2.75) is 6.42 Å². The number of carbonyl (C=O) groups excluding carboxylic acids is 1.